The summed E-state index contributed by atoms with van der Waals surface area (Å²) in [7, 11) is 0. The number of aryl methyl sites for hydroxylation is 2. The van der Waals surface area contributed by atoms with Crippen LogP contribution in [-0.4, -0.2) is 31.4 Å². The van der Waals surface area contributed by atoms with Crippen LogP contribution in [0.1, 0.15) is 23.1 Å². The molecule has 32 heavy (non-hydrogen) atoms. The molecule has 10 nitrogen and oxygen atoms in total. The number of amides is 2. The highest BCUT2D eigenvalue weighted by Gasteiger charge is 2.17. The highest BCUT2D eigenvalue weighted by atomic mass is 16.2. The zero-order valence-corrected chi connectivity index (χ0v) is 17.5. The van der Waals surface area contributed by atoms with Crippen molar-refractivity contribution in [2.75, 3.05) is 0 Å². The molecule has 0 aliphatic rings. The Morgan fingerprint density at radius 3 is 2.03 bits per heavy atom. The summed E-state index contributed by atoms with van der Waals surface area (Å²) in [6.07, 6.45) is 0. The van der Waals surface area contributed by atoms with Crippen molar-refractivity contribution in [3.8, 4) is 0 Å². The molecule has 2 heterocycles. The lowest BCUT2D eigenvalue weighted by atomic mass is 10.1. The topological polar surface area (TPSA) is 128 Å². The molecule has 0 saturated heterocycles. The third-order valence-corrected chi connectivity index (χ3v) is 5.04. The maximum atomic E-state index is 12.7. The summed E-state index contributed by atoms with van der Waals surface area (Å²) >= 11 is 0. The number of aromatic nitrogens is 4. The van der Waals surface area contributed by atoms with E-state index in [4.69, 9.17) is 0 Å². The first kappa shape index (κ1) is 20.9. The second kappa shape index (κ2) is 8.42. The van der Waals surface area contributed by atoms with Crippen molar-refractivity contribution in [1.29, 1.82) is 0 Å². The molecule has 10 heteroatoms. The Hall–Kier alpha value is -4.34. The van der Waals surface area contributed by atoms with E-state index in [1.807, 2.05) is 6.07 Å². The van der Waals surface area contributed by atoms with Crippen molar-refractivity contribution in [3.63, 3.8) is 0 Å². The lowest BCUT2D eigenvalue weighted by Crippen LogP contribution is -2.45. The van der Waals surface area contributed by atoms with Crippen molar-refractivity contribution in [2.45, 2.75) is 26.9 Å². The van der Waals surface area contributed by atoms with Gasteiger partial charge in [0.1, 0.15) is 6.54 Å². The van der Waals surface area contributed by atoms with Gasteiger partial charge in [-0.1, -0.05) is 36.4 Å². The van der Waals surface area contributed by atoms with Crippen LogP contribution in [0.3, 0.4) is 0 Å². The van der Waals surface area contributed by atoms with Crippen LogP contribution in [0.5, 0.6) is 0 Å². The summed E-state index contributed by atoms with van der Waals surface area (Å²) in [5, 5.41) is 10.2. The van der Waals surface area contributed by atoms with Crippen molar-refractivity contribution in [2.24, 2.45) is 0 Å². The van der Waals surface area contributed by atoms with Gasteiger partial charge in [0.15, 0.2) is 5.69 Å². The smallest absolute Gasteiger partial charge is 0.271 e. The third kappa shape index (κ3) is 3.73. The molecule has 2 aromatic heterocycles. The van der Waals surface area contributed by atoms with Crippen LogP contribution in [0.4, 0.5) is 0 Å². The Kier molecular flexibility index (Phi) is 5.50. The average Bonchev–Trinajstić information content (AvgIpc) is 2.81. The first-order valence-electron chi connectivity index (χ1n) is 9.96. The van der Waals surface area contributed by atoms with Crippen LogP contribution in [0, 0.1) is 6.92 Å². The van der Waals surface area contributed by atoms with E-state index < -0.39 is 17.4 Å². The number of hydrogen-bond donors (Lipinski definition) is 2. The Morgan fingerprint density at radius 2 is 1.38 bits per heavy atom. The molecule has 2 amide bonds. The van der Waals surface area contributed by atoms with E-state index in [0.717, 1.165) is 4.68 Å². The van der Waals surface area contributed by atoms with E-state index in [1.54, 1.807) is 56.3 Å². The normalized spacial score (nSPS) is 10.9. The highest BCUT2D eigenvalue weighted by molar-refractivity contribution is 6.05. The SMILES string of the molecule is CCn1nc(C(=O)NNC(=O)Cn2nc(C)c3ccccc3c2=O)c2ccccc2c1=O. The minimum absolute atomic E-state index is 0.000749. The van der Waals surface area contributed by atoms with Gasteiger partial charge in [-0.25, -0.2) is 9.36 Å². The van der Waals surface area contributed by atoms with Gasteiger partial charge in [-0.3, -0.25) is 30.0 Å². The zero-order chi connectivity index (χ0) is 22.8. The van der Waals surface area contributed by atoms with Gasteiger partial charge < -0.3 is 0 Å². The fraction of sp³-hybridized carbons (Fsp3) is 0.182. The second-order valence-corrected chi connectivity index (χ2v) is 7.11. The Bertz CT molecular complexity index is 1490. The fourth-order valence-corrected chi connectivity index (χ4v) is 3.49. The highest BCUT2D eigenvalue weighted by Crippen LogP contribution is 2.13. The second-order valence-electron chi connectivity index (χ2n) is 7.11. The Morgan fingerprint density at radius 1 is 0.812 bits per heavy atom. The predicted molar refractivity (Wildman–Crippen MR) is 118 cm³/mol. The van der Waals surface area contributed by atoms with Crippen LogP contribution in [0.2, 0.25) is 0 Å². The molecule has 0 aliphatic heterocycles. The summed E-state index contributed by atoms with van der Waals surface area (Å²) < 4.78 is 2.23. The first-order chi connectivity index (χ1) is 15.4. The predicted octanol–water partition coefficient (Wildman–Crippen LogP) is 0.896. The molecule has 162 valence electrons. The standard InChI is InChI=1S/C22H20N6O4/c1-3-27-21(31)17-11-7-5-9-15(17)19(26-27)20(30)24-23-18(29)12-28-22(32)16-10-6-4-8-14(16)13(2)25-28/h4-11H,3,12H2,1-2H3,(H,23,29)(H,24,30). The number of hydrogen-bond acceptors (Lipinski definition) is 6. The molecule has 0 fully saturated rings. The van der Waals surface area contributed by atoms with Gasteiger partial charge in [-0.2, -0.15) is 10.2 Å². The number of carbonyl (C=O) groups is 2. The van der Waals surface area contributed by atoms with E-state index in [1.165, 1.54) is 4.68 Å². The maximum Gasteiger partial charge on any atom is 0.290 e. The molecule has 0 radical (unpaired) electrons. The van der Waals surface area contributed by atoms with Crippen molar-refractivity contribution >= 4 is 33.4 Å². The minimum atomic E-state index is -0.688. The van der Waals surface area contributed by atoms with Crippen LogP contribution < -0.4 is 22.0 Å². The number of carbonyl (C=O) groups excluding carboxylic acids is 2. The summed E-state index contributed by atoms with van der Waals surface area (Å²) in [6, 6.07) is 13.6. The minimum Gasteiger partial charge on any atom is -0.271 e. The van der Waals surface area contributed by atoms with Crippen LogP contribution >= 0.6 is 0 Å². The lowest BCUT2D eigenvalue weighted by molar-refractivity contribution is -0.122. The molecule has 0 spiro atoms. The van der Waals surface area contributed by atoms with Gasteiger partial charge in [0.05, 0.1) is 16.5 Å². The molecule has 0 bridgehead atoms. The number of nitrogens with zero attached hydrogens (tertiary/aromatic N) is 4. The van der Waals surface area contributed by atoms with E-state index in [2.05, 4.69) is 21.0 Å². The Labute approximate surface area is 181 Å². The summed E-state index contributed by atoms with van der Waals surface area (Å²) in [6.45, 7) is 3.39. The molecule has 0 saturated carbocycles. The summed E-state index contributed by atoms with van der Waals surface area (Å²) in [4.78, 5) is 50.1. The quantitative estimate of drug-likeness (QED) is 0.461. The molecular formula is C22H20N6O4. The summed E-state index contributed by atoms with van der Waals surface area (Å²) in [5.41, 5.74) is 4.46. The third-order valence-electron chi connectivity index (χ3n) is 5.04. The van der Waals surface area contributed by atoms with Crippen molar-refractivity contribution < 1.29 is 9.59 Å². The molecular weight excluding hydrogens is 412 g/mol. The molecule has 0 aliphatic carbocycles. The fourth-order valence-electron chi connectivity index (χ4n) is 3.49. The molecule has 4 rings (SSSR count). The largest absolute Gasteiger partial charge is 0.290 e. The van der Waals surface area contributed by atoms with Crippen molar-refractivity contribution in [3.05, 3.63) is 80.6 Å². The van der Waals surface area contributed by atoms with E-state index >= 15 is 0 Å². The number of fused-ring (bicyclic) bond motifs is 2. The molecule has 4 aromatic rings. The van der Waals surface area contributed by atoms with E-state index in [0.29, 0.717) is 27.2 Å². The van der Waals surface area contributed by atoms with E-state index in [9.17, 15) is 19.2 Å². The van der Waals surface area contributed by atoms with Gasteiger partial charge in [-0.15, -0.1) is 0 Å². The Balaban J connectivity index is 1.55. The monoisotopic (exact) mass is 432 g/mol. The maximum absolute atomic E-state index is 12.7. The zero-order valence-electron chi connectivity index (χ0n) is 17.5. The number of hydrazine groups is 1. The first-order valence-corrected chi connectivity index (χ1v) is 9.96. The number of rotatable bonds is 4. The van der Waals surface area contributed by atoms with Gasteiger partial charge in [0, 0.05) is 17.3 Å². The van der Waals surface area contributed by atoms with Gasteiger partial charge in [-0.05, 0) is 26.0 Å². The van der Waals surface area contributed by atoms with Crippen LogP contribution in [0.25, 0.3) is 21.5 Å². The number of benzene rings is 2. The molecule has 2 aromatic carbocycles. The lowest BCUT2D eigenvalue weighted by Gasteiger charge is -2.12. The summed E-state index contributed by atoms with van der Waals surface area (Å²) in [5.74, 6) is -1.33. The molecule has 0 unspecified atom stereocenters. The molecule has 2 N–H and O–H groups in total. The molecule has 0 atom stereocenters. The van der Waals surface area contributed by atoms with E-state index in [-0.39, 0.29) is 24.3 Å². The van der Waals surface area contributed by atoms with Gasteiger partial charge in [0.2, 0.25) is 0 Å². The average molecular weight is 432 g/mol. The number of nitrogens with one attached hydrogen (secondary N) is 2. The van der Waals surface area contributed by atoms with Crippen LogP contribution in [0.15, 0.2) is 58.1 Å². The van der Waals surface area contributed by atoms with Gasteiger partial charge >= 0.3 is 0 Å². The van der Waals surface area contributed by atoms with Crippen molar-refractivity contribution in [1.82, 2.24) is 30.4 Å². The van der Waals surface area contributed by atoms with Crippen LogP contribution in [-0.2, 0) is 17.9 Å². The van der Waals surface area contributed by atoms with Gasteiger partial charge in [0.25, 0.3) is 22.9 Å².